The summed E-state index contributed by atoms with van der Waals surface area (Å²) in [5.74, 6) is 0.752. The number of nitrogens with one attached hydrogen (secondary N) is 1. The number of thiazole rings is 1. The topological polar surface area (TPSA) is 60.5 Å². The summed E-state index contributed by atoms with van der Waals surface area (Å²) in [6.45, 7) is 2.55. The van der Waals surface area contributed by atoms with E-state index < -0.39 is 0 Å². The van der Waals surface area contributed by atoms with Gasteiger partial charge in [-0.3, -0.25) is 4.79 Å². The van der Waals surface area contributed by atoms with Crippen molar-refractivity contribution < 1.29 is 14.3 Å². The highest BCUT2D eigenvalue weighted by Crippen LogP contribution is 2.28. The second kappa shape index (κ2) is 8.68. The summed E-state index contributed by atoms with van der Waals surface area (Å²) in [5.41, 5.74) is 3.70. The van der Waals surface area contributed by atoms with Crippen LogP contribution in [0.1, 0.15) is 21.6 Å². The smallest absolute Gasteiger partial charge is 0.258 e. The summed E-state index contributed by atoms with van der Waals surface area (Å²) in [5, 5.41) is 5.94. The Morgan fingerprint density at radius 2 is 1.74 bits per heavy atom. The lowest BCUT2D eigenvalue weighted by Crippen LogP contribution is -2.26. The molecule has 1 amide bonds. The fraction of sp³-hybridized carbons (Fsp3) is 0.238. The molecule has 0 aliphatic carbocycles. The lowest BCUT2D eigenvalue weighted by molar-refractivity contribution is 0.0948. The van der Waals surface area contributed by atoms with E-state index in [0.29, 0.717) is 30.0 Å². The maximum absolute atomic E-state index is 12.6. The summed E-state index contributed by atoms with van der Waals surface area (Å²) in [6, 6.07) is 13.6. The van der Waals surface area contributed by atoms with Crippen LogP contribution in [0.4, 0.5) is 0 Å². The quantitative estimate of drug-likeness (QED) is 0.668. The van der Waals surface area contributed by atoms with Crippen LogP contribution in [0.3, 0.4) is 0 Å². The van der Waals surface area contributed by atoms with Crippen LogP contribution in [0.2, 0.25) is 0 Å². The number of amides is 1. The van der Waals surface area contributed by atoms with Gasteiger partial charge in [0.1, 0.15) is 22.1 Å². The largest absolute Gasteiger partial charge is 0.496 e. The fourth-order valence-corrected chi connectivity index (χ4v) is 3.58. The summed E-state index contributed by atoms with van der Waals surface area (Å²) in [6.07, 6.45) is 0.658. The molecule has 0 saturated carbocycles. The van der Waals surface area contributed by atoms with Crippen LogP contribution >= 0.6 is 11.3 Å². The highest BCUT2D eigenvalue weighted by molar-refractivity contribution is 7.13. The highest BCUT2D eigenvalue weighted by Gasteiger charge is 2.17. The molecule has 140 valence electrons. The lowest BCUT2D eigenvalue weighted by Gasteiger charge is -2.12. The number of aryl methyl sites for hydroxylation is 1. The Balaban J connectivity index is 1.62. The average Bonchev–Trinajstić information content (AvgIpc) is 3.16. The fourth-order valence-electron chi connectivity index (χ4n) is 2.72. The van der Waals surface area contributed by atoms with Crippen LogP contribution in [0.15, 0.2) is 47.8 Å². The Hall–Kier alpha value is -2.86. The molecular formula is C21H22N2O3S. The molecule has 0 aliphatic rings. The van der Waals surface area contributed by atoms with E-state index in [1.54, 1.807) is 29.5 Å². The van der Waals surface area contributed by atoms with Gasteiger partial charge in [-0.1, -0.05) is 35.9 Å². The van der Waals surface area contributed by atoms with E-state index >= 15 is 0 Å². The van der Waals surface area contributed by atoms with Gasteiger partial charge in [0.05, 0.1) is 19.9 Å². The van der Waals surface area contributed by atoms with Gasteiger partial charge in [-0.25, -0.2) is 4.98 Å². The summed E-state index contributed by atoms with van der Waals surface area (Å²) in [4.78, 5) is 17.2. The van der Waals surface area contributed by atoms with E-state index in [-0.39, 0.29) is 5.91 Å². The van der Waals surface area contributed by atoms with Crippen molar-refractivity contribution in [3.8, 4) is 22.1 Å². The lowest BCUT2D eigenvalue weighted by atomic mass is 10.1. The summed E-state index contributed by atoms with van der Waals surface area (Å²) < 4.78 is 10.6. The number of aromatic nitrogens is 1. The molecule has 0 radical (unpaired) electrons. The van der Waals surface area contributed by atoms with Crippen LogP contribution in [0, 0.1) is 6.92 Å². The zero-order valence-electron chi connectivity index (χ0n) is 15.6. The Bertz CT molecular complexity index is 897. The van der Waals surface area contributed by atoms with Crippen molar-refractivity contribution in [3.63, 3.8) is 0 Å². The van der Waals surface area contributed by atoms with Crippen LogP contribution in [-0.4, -0.2) is 31.7 Å². The summed E-state index contributed by atoms with van der Waals surface area (Å²) in [7, 11) is 3.07. The van der Waals surface area contributed by atoms with Crippen LogP contribution in [0.5, 0.6) is 11.5 Å². The van der Waals surface area contributed by atoms with Crippen molar-refractivity contribution in [2.45, 2.75) is 13.3 Å². The molecule has 1 aromatic heterocycles. The van der Waals surface area contributed by atoms with E-state index in [0.717, 1.165) is 16.3 Å². The van der Waals surface area contributed by atoms with Gasteiger partial charge in [-0.05, 0) is 19.1 Å². The molecule has 0 fully saturated rings. The number of rotatable bonds is 7. The normalized spacial score (nSPS) is 10.5. The molecule has 0 spiro atoms. The van der Waals surface area contributed by atoms with Crippen LogP contribution in [0.25, 0.3) is 10.6 Å². The molecule has 1 heterocycles. The third-order valence-corrected chi connectivity index (χ3v) is 5.11. The minimum absolute atomic E-state index is 0.224. The third-order valence-electron chi connectivity index (χ3n) is 4.17. The van der Waals surface area contributed by atoms with E-state index in [9.17, 15) is 4.79 Å². The molecule has 0 bridgehead atoms. The molecule has 5 nitrogen and oxygen atoms in total. The van der Waals surface area contributed by atoms with E-state index in [4.69, 9.17) is 9.47 Å². The van der Waals surface area contributed by atoms with Gasteiger partial charge in [0.2, 0.25) is 0 Å². The van der Waals surface area contributed by atoms with Crippen molar-refractivity contribution in [2.24, 2.45) is 0 Å². The molecular weight excluding hydrogens is 360 g/mol. The molecule has 1 N–H and O–H groups in total. The standard InChI is InChI=1S/C21H22N2O3S/c1-14-7-9-15(10-8-14)21-23-16(13-27-21)11-12-22-20(24)19-17(25-2)5-4-6-18(19)26-3/h4-10,13H,11-12H2,1-3H3,(H,22,24). The first-order valence-corrected chi connectivity index (χ1v) is 9.51. The van der Waals surface area contributed by atoms with Crippen molar-refractivity contribution in [1.82, 2.24) is 10.3 Å². The SMILES string of the molecule is COc1cccc(OC)c1C(=O)NCCc1csc(-c2ccc(C)cc2)n1. The number of benzene rings is 2. The van der Waals surface area contributed by atoms with Crippen LogP contribution in [-0.2, 0) is 6.42 Å². The molecule has 0 atom stereocenters. The first kappa shape index (κ1) is 18.9. The highest BCUT2D eigenvalue weighted by atomic mass is 32.1. The van der Waals surface area contributed by atoms with Crippen molar-refractivity contribution >= 4 is 17.2 Å². The average molecular weight is 382 g/mol. The minimum atomic E-state index is -0.224. The Morgan fingerprint density at radius 1 is 1.07 bits per heavy atom. The first-order valence-electron chi connectivity index (χ1n) is 8.63. The van der Waals surface area contributed by atoms with Gasteiger partial charge in [0.15, 0.2) is 0 Å². The number of hydrogen-bond donors (Lipinski definition) is 1. The number of hydrogen-bond acceptors (Lipinski definition) is 5. The molecule has 0 aliphatic heterocycles. The molecule has 3 aromatic rings. The number of nitrogens with zero attached hydrogens (tertiary/aromatic N) is 1. The van der Waals surface area contributed by atoms with Gasteiger partial charge in [-0.2, -0.15) is 0 Å². The monoisotopic (exact) mass is 382 g/mol. The second-order valence-electron chi connectivity index (χ2n) is 6.05. The number of carbonyl (C=O) groups is 1. The predicted octanol–water partition coefficient (Wildman–Crippen LogP) is 4.11. The van der Waals surface area contributed by atoms with Crippen molar-refractivity contribution in [2.75, 3.05) is 20.8 Å². The first-order chi connectivity index (χ1) is 13.1. The Labute approximate surface area is 163 Å². The molecule has 3 rings (SSSR count). The Kier molecular flexibility index (Phi) is 6.08. The maximum Gasteiger partial charge on any atom is 0.258 e. The van der Waals surface area contributed by atoms with E-state index in [1.807, 2.05) is 5.38 Å². The zero-order valence-corrected chi connectivity index (χ0v) is 16.4. The molecule has 0 unspecified atom stereocenters. The second-order valence-corrected chi connectivity index (χ2v) is 6.91. The Morgan fingerprint density at radius 3 is 2.37 bits per heavy atom. The van der Waals surface area contributed by atoms with Gasteiger partial charge >= 0.3 is 0 Å². The molecule has 2 aromatic carbocycles. The number of ether oxygens (including phenoxy) is 2. The van der Waals surface area contributed by atoms with Gasteiger partial charge in [0, 0.05) is 23.9 Å². The molecule has 6 heteroatoms. The summed E-state index contributed by atoms with van der Waals surface area (Å²) >= 11 is 1.61. The minimum Gasteiger partial charge on any atom is -0.496 e. The van der Waals surface area contributed by atoms with E-state index in [2.05, 4.69) is 41.5 Å². The van der Waals surface area contributed by atoms with Gasteiger partial charge in [-0.15, -0.1) is 11.3 Å². The van der Waals surface area contributed by atoms with Crippen molar-refractivity contribution in [3.05, 3.63) is 64.7 Å². The van der Waals surface area contributed by atoms with E-state index in [1.165, 1.54) is 19.8 Å². The maximum atomic E-state index is 12.6. The zero-order chi connectivity index (χ0) is 19.2. The number of methoxy groups -OCH3 is 2. The third kappa shape index (κ3) is 4.46. The van der Waals surface area contributed by atoms with Crippen LogP contribution < -0.4 is 14.8 Å². The predicted molar refractivity (Wildman–Crippen MR) is 108 cm³/mol. The van der Waals surface area contributed by atoms with Gasteiger partial charge in [0.25, 0.3) is 5.91 Å². The molecule has 27 heavy (non-hydrogen) atoms. The van der Waals surface area contributed by atoms with Gasteiger partial charge < -0.3 is 14.8 Å². The molecule has 0 saturated heterocycles. The number of carbonyl (C=O) groups excluding carboxylic acids is 1. The van der Waals surface area contributed by atoms with Crippen molar-refractivity contribution in [1.29, 1.82) is 0 Å².